The summed E-state index contributed by atoms with van der Waals surface area (Å²) in [6.45, 7) is 2.56. The van der Waals surface area contributed by atoms with Crippen LogP contribution in [0.3, 0.4) is 0 Å². The molecule has 1 aromatic heterocycles. The molecule has 0 spiro atoms. The summed E-state index contributed by atoms with van der Waals surface area (Å²) in [5, 5.41) is 0. The first-order chi connectivity index (χ1) is 10.1. The van der Waals surface area contributed by atoms with Crippen molar-refractivity contribution < 1.29 is 0 Å². The standard InChI is InChI=1S/C15H17N5O/c1-10-9-13(21)18-15(17-10)19-14(16)20-8-4-6-11-5-2-3-7-12(11)20/h2-3,5,7,9H,4,6,8H2,1H3,(H3,16,17,18,19,21). The molecule has 0 fully saturated rings. The molecule has 0 amide bonds. The van der Waals surface area contributed by atoms with Crippen molar-refractivity contribution in [3.8, 4) is 0 Å². The second-order valence-corrected chi connectivity index (χ2v) is 5.06. The third-order valence-corrected chi connectivity index (χ3v) is 3.46. The summed E-state index contributed by atoms with van der Waals surface area (Å²) >= 11 is 0. The van der Waals surface area contributed by atoms with Crippen molar-refractivity contribution in [2.75, 3.05) is 11.4 Å². The minimum Gasteiger partial charge on any atom is -0.369 e. The highest BCUT2D eigenvalue weighted by molar-refractivity contribution is 5.97. The summed E-state index contributed by atoms with van der Waals surface area (Å²) in [7, 11) is 0. The van der Waals surface area contributed by atoms with E-state index >= 15 is 0 Å². The van der Waals surface area contributed by atoms with Crippen LogP contribution in [-0.4, -0.2) is 22.5 Å². The van der Waals surface area contributed by atoms with Gasteiger partial charge in [-0.3, -0.25) is 9.78 Å². The minimum atomic E-state index is -0.229. The molecule has 0 unspecified atom stereocenters. The van der Waals surface area contributed by atoms with Gasteiger partial charge in [-0.1, -0.05) is 18.2 Å². The van der Waals surface area contributed by atoms with Gasteiger partial charge >= 0.3 is 0 Å². The third-order valence-electron chi connectivity index (χ3n) is 3.46. The Labute approximate surface area is 122 Å². The Kier molecular flexibility index (Phi) is 3.43. The maximum Gasteiger partial charge on any atom is 0.252 e. The number of aromatic nitrogens is 2. The Morgan fingerprint density at radius 2 is 2.24 bits per heavy atom. The fourth-order valence-corrected chi connectivity index (χ4v) is 2.56. The van der Waals surface area contributed by atoms with E-state index in [-0.39, 0.29) is 11.5 Å². The van der Waals surface area contributed by atoms with E-state index in [1.165, 1.54) is 11.6 Å². The predicted octanol–water partition coefficient (Wildman–Crippen LogP) is 1.48. The molecule has 0 saturated carbocycles. The molecule has 0 bridgehead atoms. The molecular formula is C15H17N5O. The highest BCUT2D eigenvalue weighted by Crippen LogP contribution is 2.26. The summed E-state index contributed by atoms with van der Waals surface area (Å²) in [4.78, 5) is 24.4. The van der Waals surface area contributed by atoms with Crippen LogP contribution in [0.1, 0.15) is 17.7 Å². The molecular weight excluding hydrogens is 266 g/mol. The molecule has 2 heterocycles. The number of aromatic amines is 1. The van der Waals surface area contributed by atoms with Crippen molar-refractivity contribution in [1.29, 1.82) is 0 Å². The molecule has 21 heavy (non-hydrogen) atoms. The van der Waals surface area contributed by atoms with E-state index in [0.29, 0.717) is 11.7 Å². The van der Waals surface area contributed by atoms with Gasteiger partial charge in [0, 0.05) is 24.0 Å². The normalized spacial score (nSPS) is 14.9. The molecule has 6 nitrogen and oxygen atoms in total. The number of nitrogens with two attached hydrogens (primary N) is 1. The number of hydrogen-bond donors (Lipinski definition) is 2. The second kappa shape index (κ2) is 5.40. The summed E-state index contributed by atoms with van der Waals surface area (Å²) in [5.74, 6) is 0.580. The van der Waals surface area contributed by atoms with Gasteiger partial charge in [-0.25, -0.2) is 4.98 Å². The van der Waals surface area contributed by atoms with E-state index in [4.69, 9.17) is 5.73 Å². The molecule has 2 aromatic rings. The molecule has 1 aliphatic rings. The number of para-hydroxylation sites is 1. The number of guanidine groups is 1. The number of hydrogen-bond acceptors (Lipinski definition) is 3. The first kappa shape index (κ1) is 13.4. The lowest BCUT2D eigenvalue weighted by atomic mass is 10.0. The predicted molar refractivity (Wildman–Crippen MR) is 83.0 cm³/mol. The van der Waals surface area contributed by atoms with Crippen molar-refractivity contribution in [2.24, 2.45) is 10.7 Å². The van der Waals surface area contributed by atoms with E-state index < -0.39 is 0 Å². The maximum atomic E-state index is 11.4. The van der Waals surface area contributed by atoms with E-state index in [0.717, 1.165) is 25.1 Å². The van der Waals surface area contributed by atoms with Gasteiger partial charge in [-0.05, 0) is 31.4 Å². The number of aryl methyl sites for hydroxylation is 2. The maximum absolute atomic E-state index is 11.4. The Balaban J connectivity index is 1.97. The topological polar surface area (TPSA) is 87.4 Å². The van der Waals surface area contributed by atoms with Crippen LogP contribution in [0.5, 0.6) is 0 Å². The van der Waals surface area contributed by atoms with Crippen LogP contribution in [0.2, 0.25) is 0 Å². The molecule has 108 valence electrons. The first-order valence-corrected chi connectivity index (χ1v) is 6.91. The van der Waals surface area contributed by atoms with Gasteiger partial charge in [0.2, 0.25) is 11.9 Å². The Morgan fingerprint density at radius 1 is 1.43 bits per heavy atom. The van der Waals surface area contributed by atoms with Crippen molar-refractivity contribution in [3.05, 3.63) is 51.9 Å². The summed E-state index contributed by atoms with van der Waals surface area (Å²) < 4.78 is 0. The molecule has 1 aliphatic heterocycles. The number of nitrogens with one attached hydrogen (secondary N) is 1. The van der Waals surface area contributed by atoms with Crippen molar-refractivity contribution in [2.45, 2.75) is 19.8 Å². The van der Waals surface area contributed by atoms with Crippen LogP contribution < -0.4 is 16.2 Å². The first-order valence-electron chi connectivity index (χ1n) is 6.91. The van der Waals surface area contributed by atoms with Gasteiger partial charge in [0.25, 0.3) is 5.56 Å². The fraction of sp³-hybridized carbons (Fsp3) is 0.267. The lowest BCUT2D eigenvalue weighted by Gasteiger charge is -2.30. The molecule has 0 aliphatic carbocycles. The molecule has 0 saturated heterocycles. The highest BCUT2D eigenvalue weighted by Gasteiger charge is 2.19. The Hall–Kier alpha value is -2.63. The molecule has 3 rings (SSSR count). The average molecular weight is 283 g/mol. The van der Waals surface area contributed by atoms with Crippen molar-refractivity contribution >= 4 is 17.6 Å². The number of anilines is 1. The van der Waals surface area contributed by atoms with Gasteiger partial charge < -0.3 is 10.6 Å². The van der Waals surface area contributed by atoms with Gasteiger partial charge in [-0.2, -0.15) is 4.99 Å². The third kappa shape index (κ3) is 2.79. The van der Waals surface area contributed by atoms with Crippen LogP contribution in [0, 0.1) is 6.92 Å². The average Bonchev–Trinajstić information content (AvgIpc) is 2.45. The summed E-state index contributed by atoms with van der Waals surface area (Å²) in [5.41, 5.74) is 8.82. The molecule has 6 heteroatoms. The number of H-pyrrole nitrogens is 1. The quantitative estimate of drug-likeness (QED) is 0.613. The van der Waals surface area contributed by atoms with Gasteiger partial charge in [0.05, 0.1) is 0 Å². The molecule has 1 aromatic carbocycles. The van der Waals surface area contributed by atoms with Crippen molar-refractivity contribution in [1.82, 2.24) is 9.97 Å². The Bertz CT molecular complexity index is 750. The highest BCUT2D eigenvalue weighted by atomic mass is 16.1. The van der Waals surface area contributed by atoms with Gasteiger partial charge in [0.15, 0.2) is 0 Å². The van der Waals surface area contributed by atoms with E-state index in [1.54, 1.807) is 6.92 Å². The van der Waals surface area contributed by atoms with Gasteiger partial charge in [0.1, 0.15) is 0 Å². The minimum absolute atomic E-state index is 0.229. The lowest BCUT2D eigenvalue weighted by molar-refractivity contribution is 0.774. The molecule has 0 radical (unpaired) electrons. The number of fused-ring (bicyclic) bond motifs is 1. The SMILES string of the molecule is Cc1cc(=O)[nH]c(/N=C(\N)N2CCCc3ccccc32)n1. The zero-order valence-electron chi connectivity index (χ0n) is 11.8. The zero-order chi connectivity index (χ0) is 14.8. The lowest BCUT2D eigenvalue weighted by Crippen LogP contribution is -2.40. The Morgan fingerprint density at radius 3 is 3.05 bits per heavy atom. The molecule has 3 N–H and O–H groups in total. The largest absolute Gasteiger partial charge is 0.369 e. The summed E-state index contributed by atoms with van der Waals surface area (Å²) in [6.07, 6.45) is 2.06. The number of rotatable bonds is 1. The second-order valence-electron chi connectivity index (χ2n) is 5.06. The smallest absolute Gasteiger partial charge is 0.252 e. The number of aliphatic imine (C=N–C) groups is 1. The number of benzene rings is 1. The van der Waals surface area contributed by atoms with Crippen LogP contribution >= 0.6 is 0 Å². The number of nitrogens with zero attached hydrogens (tertiary/aromatic N) is 3. The van der Waals surface area contributed by atoms with Crippen molar-refractivity contribution in [3.63, 3.8) is 0 Å². The summed E-state index contributed by atoms with van der Waals surface area (Å²) in [6, 6.07) is 9.56. The van der Waals surface area contributed by atoms with E-state index in [9.17, 15) is 4.79 Å². The van der Waals surface area contributed by atoms with Crippen LogP contribution in [-0.2, 0) is 6.42 Å². The van der Waals surface area contributed by atoms with Crippen LogP contribution in [0.4, 0.5) is 11.6 Å². The van der Waals surface area contributed by atoms with Crippen LogP contribution in [0.15, 0.2) is 40.1 Å². The van der Waals surface area contributed by atoms with E-state index in [2.05, 4.69) is 21.0 Å². The zero-order valence-corrected chi connectivity index (χ0v) is 11.8. The van der Waals surface area contributed by atoms with E-state index in [1.807, 2.05) is 23.1 Å². The van der Waals surface area contributed by atoms with Crippen LogP contribution in [0.25, 0.3) is 0 Å². The fourth-order valence-electron chi connectivity index (χ4n) is 2.56. The van der Waals surface area contributed by atoms with Gasteiger partial charge in [-0.15, -0.1) is 0 Å². The monoisotopic (exact) mass is 283 g/mol. The molecule has 0 atom stereocenters.